The summed E-state index contributed by atoms with van der Waals surface area (Å²) in [5.41, 5.74) is -1.02. The Morgan fingerprint density at radius 2 is 2.00 bits per heavy atom. The maximum Gasteiger partial charge on any atom is 0.328 e. The van der Waals surface area contributed by atoms with Gasteiger partial charge < -0.3 is 10.4 Å². The van der Waals surface area contributed by atoms with Crippen LogP contribution < -0.4 is 5.32 Å². The lowest BCUT2D eigenvalue weighted by Crippen LogP contribution is -2.49. The zero-order valence-electron chi connectivity index (χ0n) is 11.5. The Kier molecular flexibility index (Phi) is 4.44. The molecule has 0 radical (unpaired) electrons. The fourth-order valence-electron chi connectivity index (χ4n) is 1.58. The van der Waals surface area contributed by atoms with Gasteiger partial charge in [-0.3, -0.25) is 14.9 Å². The van der Waals surface area contributed by atoms with E-state index >= 15 is 0 Å². The van der Waals surface area contributed by atoms with Gasteiger partial charge in [0.2, 0.25) is 0 Å². The number of benzene rings is 1. The molecule has 0 aliphatic carbocycles. The monoisotopic (exact) mass is 280 g/mol. The molecule has 0 aliphatic heterocycles. The van der Waals surface area contributed by atoms with Crippen LogP contribution >= 0.6 is 0 Å². The largest absolute Gasteiger partial charge is 0.480 e. The van der Waals surface area contributed by atoms with Gasteiger partial charge in [-0.25, -0.2) is 4.79 Å². The first-order valence-electron chi connectivity index (χ1n) is 6.02. The summed E-state index contributed by atoms with van der Waals surface area (Å²) in [6.45, 7) is 4.44. The molecule has 0 unspecified atom stereocenters. The Balaban J connectivity index is 3.09. The highest BCUT2D eigenvalue weighted by molar-refractivity contribution is 5.98. The van der Waals surface area contributed by atoms with Gasteiger partial charge in [0, 0.05) is 17.2 Å². The highest BCUT2D eigenvalue weighted by atomic mass is 16.6. The molecule has 0 fully saturated rings. The van der Waals surface area contributed by atoms with Gasteiger partial charge in [-0.2, -0.15) is 0 Å². The molecule has 1 aromatic rings. The number of aliphatic carboxylic acids is 1. The predicted octanol–water partition coefficient (Wildman–Crippen LogP) is 1.75. The molecule has 2 N–H and O–H groups in total. The van der Waals surface area contributed by atoms with Crippen molar-refractivity contribution in [3.63, 3.8) is 0 Å². The van der Waals surface area contributed by atoms with Crippen LogP contribution in [0.5, 0.6) is 0 Å². The van der Waals surface area contributed by atoms with Gasteiger partial charge in [0.05, 0.1) is 4.92 Å². The molecular weight excluding hydrogens is 264 g/mol. The fraction of sp³-hybridized carbons (Fsp3) is 0.385. The van der Waals surface area contributed by atoms with E-state index in [-0.39, 0.29) is 11.3 Å². The topological polar surface area (TPSA) is 110 Å². The van der Waals surface area contributed by atoms with E-state index in [1.165, 1.54) is 26.0 Å². The summed E-state index contributed by atoms with van der Waals surface area (Å²) in [6.07, 6.45) is 0.471. The Morgan fingerprint density at radius 3 is 2.45 bits per heavy atom. The van der Waals surface area contributed by atoms with Gasteiger partial charge in [0.25, 0.3) is 11.6 Å². The number of nitro benzene ring substituents is 1. The highest BCUT2D eigenvalue weighted by Crippen LogP contribution is 2.21. The number of aryl methyl sites for hydroxylation is 1. The number of carbonyl (C=O) groups excluding carboxylic acids is 1. The van der Waals surface area contributed by atoms with Gasteiger partial charge in [0.15, 0.2) is 0 Å². The fourth-order valence-corrected chi connectivity index (χ4v) is 1.58. The van der Waals surface area contributed by atoms with E-state index < -0.39 is 22.3 Å². The minimum atomic E-state index is -1.45. The molecule has 7 heteroatoms. The summed E-state index contributed by atoms with van der Waals surface area (Å²) in [7, 11) is 0. The number of hydrogen-bond donors (Lipinski definition) is 2. The van der Waals surface area contributed by atoms with Crippen LogP contribution in [0.2, 0.25) is 0 Å². The van der Waals surface area contributed by atoms with E-state index in [0.717, 1.165) is 6.07 Å². The molecule has 0 aromatic heterocycles. The summed E-state index contributed by atoms with van der Waals surface area (Å²) in [5, 5.41) is 22.2. The molecule has 0 aliphatic rings. The molecule has 20 heavy (non-hydrogen) atoms. The van der Waals surface area contributed by atoms with Crippen LogP contribution in [-0.2, 0) is 11.2 Å². The normalized spacial score (nSPS) is 10.9. The maximum atomic E-state index is 11.9. The third-order valence-electron chi connectivity index (χ3n) is 2.89. The lowest BCUT2D eigenvalue weighted by atomic mass is 10.0. The average Bonchev–Trinajstić information content (AvgIpc) is 2.37. The number of hydrogen-bond acceptors (Lipinski definition) is 4. The highest BCUT2D eigenvalue weighted by Gasteiger charge is 2.29. The molecule has 0 atom stereocenters. The number of carbonyl (C=O) groups is 2. The minimum absolute atomic E-state index is 0.0585. The van der Waals surface area contributed by atoms with E-state index in [9.17, 15) is 19.7 Å². The van der Waals surface area contributed by atoms with E-state index in [0.29, 0.717) is 12.0 Å². The van der Waals surface area contributed by atoms with Crippen LogP contribution in [0.25, 0.3) is 0 Å². The van der Waals surface area contributed by atoms with E-state index in [2.05, 4.69) is 5.32 Å². The summed E-state index contributed by atoms with van der Waals surface area (Å²) in [4.78, 5) is 33.3. The number of carboxylic acid groups (broad SMARTS) is 1. The first-order chi connectivity index (χ1) is 9.19. The van der Waals surface area contributed by atoms with Crippen molar-refractivity contribution in [1.82, 2.24) is 5.32 Å². The quantitative estimate of drug-likeness (QED) is 0.630. The molecular formula is C13H16N2O5. The van der Waals surface area contributed by atoms with Gasteiger partial charge in [-0.05, 0) is 26.3 Å². The van der Waals surface area contributed by atoms with Crippen LogP contribution in [0.15, 0.2) is 18.2 Å². The molecule has 1 rings (SSSR count). The molecule has 1 aromatic carbocycles. The summed E-state index contributed by atoms with van der Waals surface area (Å²) < 4.78 is 0. The number of nitrogens with one attached hydrogen (secondary N) is 1. The van der Waals surface area contributed by atoms with Crippen LogP contribution in [-0.4, -0.2) is 27.4 Å². The lowest BCUT2D eigenvalue weighted by Gasteiger charge is -2.20. The zero-order valence-corrected chi connectivity index (χ0v) is 11.5. The maximum absolute atomic E-state index is 11.9. The Morgan fingerprint density at radius 1 is 1.40 bits per heavy atom. The summed E-state index contributed by atoms with van der Waals surface area (Å²) in [5.74, 6) is -1.85. The SMILES string of the molecule is CCc1ccc(C(=O)NC(C)(C)C(=O)O)cc1[N+](=O)[O-]. The van der Waals surface area contributed by atoms with Crippen molar-refractivity contribution in [2.75, 3.05) is 0 Å². The van der Waals surface area contributed by atoms with Gasteiger partial charge >= 0.3 is 5.97 Å². The van der Waals surface area contributed by atoms with Crippen LogP contribution in [0.1, 0.15) is 36.7 Å². The second kappa shape index (κ2) is 5.68. The Bertz CT molecular complexity index is 566. The van der Waals surface area contributed by atoms with Crippen molar-refractivity contribution in [3.8, 4) is 0 Å². The smallest absolute Gasteiger partial charge is 0.328 e. The Hall–Kier alpha value is -2.44. The second-order valence-electron chi connectivity index (χ2n) is 4.84. The summed E-state index contributed by atoms with van der Waals surface area (Å²) >= 11 is 0. The van der Waals surface area contributed by atoms with Gasteiger partial charge in [-0.15, -0.1) is 0 Å². The van der Waals surface area contributed by atoms with Crippen molar-refractivity contribution < 1.29 is 19.6 Å². The first kappa shape index (κ1) is 15.6. The molecule has 1 amide bonds. The average molecular weight is 280 g/mol. The molecule has 108 valence electrons. The van der Waals surface area contributed by atoms with Crippen LogP contribution in [0.3, 0.4) is 0 Å². The van der Waals surface area contributed by atoms with E-state index in [4.69, 9.17) is 5.11 Å². The van der Waals surface area contributed by atoms with E-state index in [1.807, 2.05) is 0 Å². The molecule has 0 heterocycles. The third-order valence-corrected chi connectivity index (χ3v) is 2.89. The molecule has 0 bridgehead atoms. The van der Waals surface area contributed by atoms with Crippen LogP contribution in [0.4, 0.5) is 5.69 Å². The Labute approximate surface area is 115 Å². The molecule has 0 spiro atoms. The van der Waals surface area contributed by atoms with Crippen molar-refractivity contribution >= 4 is 17.6 Å². The van der Waals surface area contributed by atoms with Crippen LogP contribution in [0, 0.1) is 10.1 Å². The van der Waals surface area contributed by atoms with E-state index in [1.54, 1.807) is 6.92 Å². The number of nitro groups is 1. The van der Waals surface area contributed by atoms with Crippen molar-refractivity contribution in [3.05, 3.63) is 39.4 Å². The standard InChI is InChI=1S/C13H16N2O5/c1-4-8-5-6-9(7-10(8)15(19)20)11(16)14-13(2,3)12(17)18/h5-7H,4H2,1-3H3,(H,14,16)(H,17,18). The summed E-state index contributed by atoms with van der Waals surface area (Å²) in [6, 6.07) is 4.10. The number of amides is 1. The number of nitrogens with zero attached hydrogens (tertiary/aromatic N) is 1. The second-order valence-corrected chi connectivity index (χ2v) is 4.84. The first-order valence-corrected chi connectivity index (χ1v) is 6.02. The lowest BCUT2D eigenvalue weighted by molar-refractivity contribution is -0.385. The zero-order chi connectivity index (χ0) is 15.5. The van der Waals surface area contributed by atoms with Crippen molar-refractivity contribution in [2.45, 2.75) is 32.7 Å². The van der Waals surface area contributed by atoms with Gasteiger partial charge in [0.1, 0.15) is 5.54 Å². The molecule has 0 saturated carbocycles. The van der Waals surface area contributed by atoms with Gasteiger partial charge in [-0.1, -0.05) is 13.0 Å². The van der Waals surface area contributed by atoms with Crippen molar-refractivity contribution in [2.24, 2.45) is 0 Å². The molecule has 7 nitrogen and oxygen atoms in total. The third kappa shape index (κ3) is 3.31. The number of rotatable bonds is 5. The van der Waals surface area contributed by atoms with Crippen molar-refractivity contribution in [1.29, 1.82) is 0 Å². The predicted molar refractivity (Wildman–Crippen MR) is 71.7 cm³/mol. The minimum Gasteiger partial charge on any atom is -0.480 e. The molecule has 0 saturated heterocycles. The number of carboxylic acids is 1.